The highest BCUT2D eigenvalue weighted by Crippen LogP contribution is 2.27. The number of ether oxygens (including phenoxy) is 1. The Morgan fingerprint density at radius 2 is 2.07 bits per heavy atom. The van der Waals surface area contributed by atoms with E-state index in [2.05, 4.69) is 5.10 Å². The van der Waals surface area contributed by atoms with Crippen LogP contribution in [0.25, 0.3) is 6.08 Å². The highest BCUT2D eigenvalue weighted by Gasteiger charge is 2.31. The van der Waals surface area contributed by atoms with E-state index < -0.39 is 9.84 Å². The SMILES string of the molecule is CCOc1ccccc1C(=O)/C=C/c1c(C)nn([C@@H]2CCS(=O)(=O)C2)c1C. The largest absolute Gasteiger partial charge is 0.493 e. The Hall–Kier alpha value is -2.41. The van der Waals surface area contributed by atoms with Crippen LogP contribution in [0.5, 0.6) is 5.75 Å². The van der Waals surface area contributed by atoms with E-state index in [4.69, 9.17) is 4.74 Å². The Morgan fingerprint density at radius 3 is 2.74 bits per heavy atom. The fourth-order valence-electron chi connectivity index (χ4n) is 3.44. The van der Waals surface area contributed by atoms with Crippen LogP contribution < -0.4 is 4.74 Å². The smallest absolute Gasteiger partial charge is 0.189 e. The molecule has 3 rings (SSSR count). The topological polar surface area (TPSA) is 78.3 Å². The van der Waals surface area contributed by atoms with Crippen molar-refractivity contribution in [1.82, 2.24) is 9.78 Å². The van der Waals surface area contributed by atoms with Gasteiger partial charge in [-0.2, -0.15) is 5.10 Å². The van der Waals surface area contributed by atoms with E-state index in [1.54, 1.807) is 29.0 Å². The van der Waals surface area contributed by atoms with E-state index in [9.17, 15) is 13.2 Å². The van der Waals surface area contributed by atoms with Crippen molar-refractivity contribution >= 4 is 21.7 Å². The quantitative estimate of drug-likeness (QED) is 0.561. The van der Waals surface area contributed by atoms with Gasteiger partial charge in [-0.15, -0.1) is 0 Å². The molecule has 0 N–H and O–H groups in total. The zero-order chi connectivity index (χ0) is 19.6. The number of para-hydroxylation sites is 1. The first kappa shape index (κ1) is 19.4. The Kier molecular flexibility index (Phi) is 5.51. The first-order valence-electron chi connectivity index (χ1n) is 9.02. The van der Waals surface area contributed by atoms with Crippen LogP contribution in [0, 0.1) is 13.8 Å². The van der Waals surface area contributed by atoms with E-state index in [1.807, 2.05) is 26.8 Å². The van der Waals surface area contributed by atoms with Crippen LogP contribution in [0.1, 0.15) is 46.7 Å². The average molecular weight is 388 g/mol. The predicted octanol–water partition coefficient (Wildman–Crippen LogP) is 3.15. The summed E-state index contributed by atoms with van der Waals surface area (Å²) in [5.41, 5.74) is 3.01. The number of nitrogens with zero attached hydrogens (tertiary/aromatic N) is 2. The number of benzene rings is 1. The van der Waals surface area contributed by atoms with Gasteiger partial charge in [-0.05, 0) is 51.5 Å². The summed E-state index contributed by atoms with van der Waals surface area (Å²) < 4.78 is 30.8. The molecule has 1 atom stereocenters. The number of carbonyl (C=O) groups is 1. The first-order valence-corrected chi connectivity index (χ1v) is 10.8. The second kappa shape index (κ2) is 7.68. The second-order valence-electron chi connectivity index (χ2n) is 6.71. The number of aromatic nitrogens is 2. The number of ketones is 1. The zero-order valence-electron chi connectivity index (χ0n) is 15.8. The van der Waals surface area contributed by atoms with Gasteiger partial charge in [0.2, 0.25) is 0 Å². The van der Waals surface area contributed by atoms with Gasteiger partial charge in [0.1, 0.15) is 5.75 Å². The molecule has 0 amide bonds. The summed E-state index contributed by atoms with van der Waals surface area (Å²) in [6.07, 6.45) is 3.85. The third-order valence-electron chi connectivity index (χ3n) is 4.79. The minimum Gasteiger partial charge on any atom is -0.493 e. The molecule has 1 fully saturated rings. The van der Waals surface area contributed by atoms with Gasteiger partial charge in [-0.25, -0.2) is 8.42 Å². The number of allylic oxidation sites excluding steroid dienone is 1. The number of sulfone groups is 1. The molecule has 1 saturated heterocycles. The highest BCUT2D eigenvalue weighted by atomic mass is 32.2. The molecule has 144 valence electrons. The number of aryl methyl sites for hydroxylation is 1. The van der Waals surface area contributed by atoms with Gasteiger partial charge < -0.3 is 4.74 Å². The summed E-state index contributed by atoms with van der Waals surface area (Å²) >= 11 is 0. The summed E-state index contributed by atoms with van der Waals surface area (Å²) in [6, 6.07) is 7.02. The minimum atomic E-state index is -2.98. The lowest BCUT2D eigenvalue weighted by molar-refractivity contribution is 0.104. The van der Waals surface area contributed by atoms with Crippen molar-refractivity contribution in [3.05, 3.63) is 52.9 Å². The van der Waals surface area contributed by atoms with Crippen LogP contribution in [-0.2, 0) is 9.84 Å². The molecular formula is C20H24N2O4S. The molecule has 1 aliphatic heterocycles. The fraction of sp³-hybridized carbons (Fsp3) is 0.400. The molecule has 27 heavy (non-hydrogen) atoms. The van der Waals surface area contributed by atoms with Crippen LogP contribution in [0.2, 0.25) is 0 Å². The Labute approximate surface area is 159 Å². The van der Waals surface area contributed by atoms with E-state index in [-0.39, 0.29) is 23.3 Å². The Balaban J connectivity index is 1.85. The molecular weight excluding hydrogens is 364 g/mol. The molecule has 1 aliphatic rings. The van der Waals surface area contributed by atoms with Crippen LogP contribution in [0.15, 0.2) is 30.3 Å². The number of hydrogen-bond acceptors (Lipinski definition) is 5. The molecule has 0 unspecified atom stereocenters. The monoisotopic (exact) mass is 388 g/mol. The summed E-state index contributed by atoms with van der Waals surface area (Å²) in [7, 11) is -2.98. The van der Waals surface area contributed by atoms with Gasteiger partial charge in [0.15, 0.2) is 15.6 Å². The number of hydrogen-bond donors (Lipinski definition) is 0. The van der Waals surface area contributed by atoms with Crippen molar-refractivity contribution < 1.29 is 17.9 Å². The van der Waals surface area contributed by atoms with Gasteiger partial charge in [-0.3, -0.25) is 9.48 Å². The molecule has 6 nitrogen and oxygen atoms in total. The van der Waals surface area contributed by atoms with Crippen molar-refractivity contribution in [2.24, 2.45) is 0 Å². The van der Waals surface area contributed by atoms with Gasteiger partial charge in [0.25, 0.3) is 0 Å². The maximum absolute atomic E-state index is 12.6. The second-order valence-corrected chi connectivity index (χ2v) is 8.94. The summed E-state index contributed by atoms with van der Waals surface area (Å²) in [5.74, 6) is 0.746. The molecule has 0 saturated carbocycles. The third-order valence-corrected chi connectivity index (χ3v) is 6.54. The van der Waals surface area contributed by atoms with Crippen molar-refractivity contribution in [1.29, 1.82) is 0 Å². The maximum atomic E-state index is 12.6. The van der Waals surface area contributed by atoms with Crippen LogP contribution >= 0.6 is 0 Å². The van der Waals surface area contributed by atoms with E-state index in [1.165, 1.54) is 6.08 Å². The molecule has 0 spiro atoms. The summed E-state index contributed by atoms with van der Waals surface area (Å²) in [6.45, 7) is 6.14. The Bertz CT molecular complexity index is 989. The van der Waals surface area contributed by atoms with Crippen LogP contribution in [-0.4, -0.2) is 42.1 Å². The van der Waals surface area contributed by atoms with Gasteiger partial charge >= 0.3 is 0 Å². The van der Waals surface area contributed by atoms with Crippen molar-refractivity contribution in [3.63, 3.8) is 0 Å². The molecule has 1 aromatic heterocycles. The molecule has 7 heteroatoms. The normalized spacial score (nSPS) is 18.9. The standard InChI is InChI=1S/C20H24N2O4S/c1-4-26-20-8-6-5-7-18(20)19(23)10-9-17-14(2)21-22(15(17)3)16-11-12-27(24,25)13-16/h5-10,16H,4,11-13H2,1-3H3/b10-9+/t16-/m1/s1. The van der Waals surface area contributed by atoms with Gasteiger partial charge in [0.05, 0.1) is 35.4 Å². The van der Waals surface area contributed by atoms with Crippen molar-refractivity contribution in [3.8, 4) is 5.75 Å². The highest BCUT2D eigenvalue weighted by molar-refractivity contribution is 7.91. The molecule has 0 bridgehead atoms. The average Bonchev–Trinajstić information content (AvgIpc) is 3.12. The van der Waals surface area contributed by atoms with E-state index in [0.717, 1.165) is 17.0 Å². The number of rotatable bonds is 6. The molecule has 2 aromatic rings. The molecule has 2 heterocycles. The lowest BCUT2D eigenvalue weighted by Gasteiger charge is -2.11. The number of carbonyl (C=O) groups excluding carboxylic acids is 1. The fourth-order valence-corrected chi connectivity index (χ4v) is 5.13. The molecule has 1 aromatic carbocycles. The predicted molar refractivity (Wildman–Crippen MR) is 105 cm³/mol. The Morgan fingerprint density at radius 1 is 1.33 bits per heavy atom. The lowest BCUT2D eigenvalue weighted by Crippen LogP contribution is -2.13. The van der Waals surface area contributed by atoms with E-state index in [0.29, 0.717) is 24.3 Å². The summed E-state index contributed by atoms with van der Waals surface area (Å²) in [5, 5.41) is 4.52. The van der Waals surface area contributed by atoms with Gasteiger partial charge in [0, 0.05) is 11.3 Å². The third kappa shape index (κ3) is 4.13. The first-order chi connectivity index (χ1) is 12.8. The minimum absolute atomic E-state index is 0.124. The van der Waals surface area contributed by atoms with Crippen molar-refractivity contribution in [2.75, 3.05) is 18.1 Å². The maximum Gasteiger partial charge on any atom is 0.189 e. The lowest BCUT2D eigenvalue weighted by atomic mass is 10.1. The van der Waals surface area contributed by atoms with Crippen LogP contribution in [0.4, 0.5) is 0 Å². The van der Waals surface area contributed by atoms with Crippen molar-refractivity contribution in [2.45, 2.75) is 33.2 Å². The molecule has 0 radical (unpaired) electrons. The van der Waals surface area contributed by atoms with Gasteiger partial charge in [-0.1, -0.05) is 12.1 Å². The van der Waals surface area contributed by atoms with Crippen LogP contribution in [0.3, 0.4) is 0 Å². The molecule has 0 aliphatic carbocycles. The summed E-state index contributed by atoms with van der Waals surface area (Å²) in [4.78, 5) is 12.6. The van der Waals surface area contributed by atoms with E-state index >= 15 is 0 Å². The zero-order valence-corrected chi connectivity index (χ0v) is 16.6.